The number of nitrogens with zero attached hydrogens (tertiary/aromatic N) is 3. The second kappa shape index (κ2) is 8.53. The van der Waals surface area contributed by atoms with Crippen molar-refractivity contribution in [1.29, 1.82) is 0 Å². The Morgan fingerprint density at radius 1 is 0.821 bits per heavy atom. The molecule has 152 valence electrons. The Bertz CT molecular complexity index is 777. The SMILES string of the molecule is Cc1ccc(CN2CCN(Cc3cc(N(C)C)cc(C(F)(F)F)c3)CC2)cc1. The topological polar surface area (TPSA) is 9.72 Å². The molecule has 0 spiro atoms. The normalized spacial score (nSPS) is 16.4. The highest BCUT2D eigenvalue weighted by molar-refractivity contribution is 5.51. The van der Waals surface area contributed by atoms with Crippen LogP contribution in [0.5, 0.6) is 0 Å². The van der Waals surface area contributed by atoms with Crippen LogP contribution in [0.1, 0.15) is 22.3 Å². The zero-order valence-electron chi connectivity index (χ0n) is 16.8. The van der Waals surface area contributed by atoms with Crippen LogP contribution in [0.4, 0.5) is 18.9 Å². The van der Waals surface area contributed by atoms with Gasteiger partial charge < -0.3 is 4.90 Å². The van der Waals surface area contributed by atoms with E-state index in [4.69, 9.17) is 0 Å². The van der Waals surface area contributed by atoms with E-state index in [2.05, 4.69) is 41.0 Å². The molecule has 0 aliphatic carbocycles. The van der Waals surface area contributed by atoms with Crippen LogP contribution in [-0.2, 0) is 19.3 Å². The molecule has 0 N–H and O–H groups in total. The van der Waals surface area contributed by atoms with Gasteiger partial charge in [0, 0.05) is 59.1 Å². The fourth-order valence-corrected chi connectivity index (χ4v) is 3.50. The number of anilines is 1. The van der Waals surface area contributed by atoms with E-state index in [0.29, 0.717) is 17.8 Å². The fraction of sp³-hybridized carbons (Fsp3) is 0.455. The summed E-state index contributed by atoms with van der Waals surface area (Å²) in [6.45, 7) is 7.11. The van der Waals surface area contributed by atoms with Gasteiger partial charge in [-0.2, -0.15) is 13.2 Å². The van der Waals surface area contributed by atoms with Gasteiger partial charge in [0.1, 0.15) is 0 Å². The van der Waals surface area contributed by atoms with E-state index in [1.807, 2.05) is 6.07 Å². The minimum Gasteiger partial charge on any atom is -0.378 e. The molecule has 0 radical (unpaired) electrons. The predicted octanol–water partition coefficient (Wildman–Crippen LogP) is 4.40. The summed E-state index contributed by atoms with van der Waals surface area (Å²) in [6.07, 6.45) is -4.33. The number of halogens is 3. The van der Waals surface area contributed by atoms with Gasteiger partial charge in [-0.05, 0) is 36.2 Å². The van der Waals surface area contributed by atoms with Gasteiger partial charge in [-0.15, -0.1) is 0 Å². The molecular weight excluding hydrogens is 363 g/mol. The quantitative estimate of drug-likeness (QED) is 0.748. The van der Waals surface area contributed by atoms with Gasteiger partial charge in [0.2, 0.25) is 0 Å². The second-order valence-electron chi connectivity index (χ2n) is 7.82. The molecule has 1 aliphatic heterocycles. The summed E-state index contributed by atoms with van der Waals surface area (Å²) in [7, 11) is 3.53. The van der Waals surface area contributed by atoms with E-state index in [0.717, 1.165) is 32.7 Å². The number of hydrogen-bond donors (Lipinski definition) is 0. The molecule has 0 saturated carbocycles. The van der Waals surface area contributed by atoms with E-state index in [9.17, 15) is 13.2 Å². The Morgan fingerprint density at radius 2 is 1.36 bits per heavy atom. The summed E-state index contributed by atoms with van der Waals surface area (Å²) in [5, 5.41) is 0. The van der Waals surface area contributed by atoms with Crippen molar-refractivity contribution in [2.24, 2.45) is 0 Å². The minimum atomic E-state index is -4.33. The average Bonchev–Trinajstić information content (AvgIpc) is 2.64. The summed E-state index contributed by atoms with van der Waals surface area (Å²) < 4.78 is 39.7. The molecule has 0 amide bonds. The molecule has 0 atom stereocenters. The molecule has 2 aromatic carbocycles. The highest BCUT2D eigenvalue weighted by Crippen LogP contribution is 2.33. The molecular formula is C22H28F3N3. The maximum absolute atomic E-state index is 13.2. The number of aryl methyl sites for hydroxylation is 1. The fourth-order valence-electron chi connectivity index (χ4n) is 3.50. The number of hydrogen-bond acceptors (Lipinski definition) is 3. The maximum atomic E-state index is 13.2. The standard InChI is InChI=1S/C22H28F3N3/c1-17-4-6-18(7-5-17)15-27-8-10-28(11-9-27)16-19-12-20(22(23,24)25)14-21(13-19)26(2)3/h4-7,12-14H,8-11,15-16H2,1-3H3. The van der Waals surface area contributed by atoms with Crippen LogP contribution in [0.3, 0.4) is 0 Å². The van der Waals surface area contributed by atoms with Gasteiger partial charge in [-0.1, -0.05) is 29.8 Å². The third-order valence-corrected chi connectivity index (χ3v) is 5.22. The molecule has 6 heteroatoms. The zero-order chi connectivity index (χ0) is 20.3. The van der Waals surface area contributed by atoms with Gasteiger partial charge in [0.05, 0.1) is 5.56 Å². The van der Waals surface area contributed by atoms with Gasteiger partial charge in [0.15, 0.2) is 0 Å². The van der Waals surface area contributed by atoms with Crippen LogP contribution in [0.15, 0.2) is 42.5 Å². The lowest BCUT2D eigenvalue weighted by Crippen LogP contribution is -2.45. The molecule has 1 heterocycles. The van der Waals surface area contributed by atoms with E-state index in [-0.39, 0.29) is 0 Å². The van der Waals surface area contributed by atoms with Crippen molar-refractivity contribution in [3.63, 3.8) is 0 Å². The smallest absolute Gasteiger partial charge is 0.378 e. The van der Waals surface area contributed by atoms with Crippen molar-refractivity contribution in [1.82, 2.24) is 9.80 Å². The molecule has 1 saturated heterocycles. The van der Waals surface area contributed by atoms with E-state index in [1.54, 1.807) is 19.0 Å². The van der Waals surface area contributed by atoms with Crippen LogP contribution < -0.4 is 4.90 Å². The molecule has 2 aromatic rings. The molecule has 0 aromatic heterocycles. The second-order valence-corrected chi connectivity index (χ2v) is 7.82. The Labute approximate surface area is 165 Å². The van der Waals surface area contributed by atoms with Crippen molar-refractivity contribution in [3.8, 4) is 0 Å². The van der Waals surface area contributed by atoms with Gasteiger partial charge >= 0.3 is 6.18 Å². The van der Waals surface area contributed by atoms with E-state index in [1.165, 1.54) is 23.3 Å². The number of benzene rings is 2. The molecule has 1 fully saturated rings. The van der Waals surface area contributed by atoms with Crippen LogP contribution >= 0.6 is 0 Å². The number of rotatable bonds is 5. The molecule has 0 unspecified atom stereocenters. The Balaban J connectivity index is 1.61. The lowest BCUT2D eigenvalue weighted by molar-refractivity contribution is -0.137. The zero-order valence-corrected chi connectivity index (χ0v) is 16.8. The summed E-state index contributed by atoms with van der Waals surface area (Å²) >= 11 is 0. The predicted molar refractivity (Wildman–Crippen MR) is 108 cm³/mol. The largest absolute Gasteiger partial charge is 0.416 e. The lowest BCUT2D eigenvalue weighted by Gasteiger charge is -2.35. The van der Waals surface area contributed by atoms with Crippen LogP contribution in [-0.4, -0.2) is 50.1 Å². The first-order chi connectivity index (χ1) is 13.2. The lowest BCUT2D eigenvalue weighted by atomic mass is 10.1. The first kappa shape index (κ1) is 20.7. The van der Waals surface area contributed by atoms with Gasteiger partial charge in [0.25, 0.3) is 0 Å². The van der Waals surface area contributed by atoms with Crippen molar-refractivity contribution < 1.29 is 13.2 Å². The highest BCUT2D eigenvalue weighted by atomic mass is 19.4. The Morgan fingerprint density at radius 3 is 1.86 bits per heavy atom. The van der Waals surface area contributed by atoms with Crippen molar-refractivity contribution in [3.05, 3.63) is 64.7 Å². The van der Waals surface area contributed by atoms with Crippen LogP contribution in [0, 0.1) is 6.92 Å². The van der Waals surface area contributed by atoms with Crippen molar-refractivity contribution in [2.75, 3.05) is 45.2 Å². The molecule has 3 nitrogen and oxygen atoms in total. The monoisotopic (exact) mass is 391 g/mol. The van der Waals surface area contributed by atoms with E-state index >= 15 is 0 Å². The first-order valence-electron chi connectivity index (χ1n) is 9.59. The highest BCUT2D eigenvalue weighted by Gasteiger charge is 2.31. The first-order valence-corrected chi connectivity index (χ1v) is 9.59. The number of alkyl halides is 3. The van der Waals surface area contributed by atoms with E-state index < -0.39 is 11.7 Å². The molecule has 0 bridgehead atoms. The summed E-state index contributed by atoms with van der Waals surface area (Å²) in [6, 6.07) is 12.9. The molecule has 28 heavy (non-hydrogen) atoms. The van der Waals surface area contributed by atoms with Crippen LogP contribution in [0.2, 0.25) is 0 Å². The Hall–Kier alpha value is -2.05. The van der Waals surface area contributed by atoms with Crippen molar-refractivity contribution >= 4 is 5.69 Å². The summed E-state index contributed by atoms with van der Waals surface area (Å²) in [5.74, 6) is 0. The Kier molecular flexibility index (Phi) is 6.30. The molecule has 1 aliphatic rings. The third kappa shape index (κ3) is 5.49. The summed E-state index contributed by atoms with van der Waals surface area (Å²) in [4.78, 5) is 6.36. The van der Waals surface area contributed by atoms with Gasteiger partial charge in [-0.3, -0.25) is 9.80 Å². The molecule has 3 rings (SSSR count). The average molecular weight is 391 g/mol. The van der Waals surface area contributed by atoms with Crippen LogP contribution in [0.25, 0.3) is 0 Å². The third-order valence-electron chi connectivity index (χ3n) is 5.22. The van der Waals surface area contributed by atoms with Gasteiger partial charge in [-0.25, -0.2) is 0 Å². The maximum Gasteiger partial charge on any atom is 0.416 e. The number of piperazine rings is 1. The minimum absolute atomic E-state index is 0.545. The summed E-state index contributed by atoms with van der Waals surface area (Å²) in [5.41, 5.74) is 3.28. The van der Waals surface area contributed by atoms with Crippen molar-refractivity contribution in [2.45, 2.75) is 26.2 Å².